The van der Waals surface area contributed by atoms with Crippen molar-refractivity contribution in [2.75, 3.05) is 6.61 Å². The van der Waals surface area contributed by atoms with Gasteiger partial charge in [0.2, 0.25) is 0 Å². The van der Waals surface area contributed by atoms with Crippen LogP contribution < -0.4 is 4.74 Å². The Kier molecular flexibility index (Phi) is 4.35. The summed E-state index contributed by atoms with van der Waals surface area (Å²) >= 11 is 0. The maximum absolute atomic E-state index is 11.5. The van der Waals surface area contributed by atoms with Gasteiger partial charge in [-0.25, -0.2) is 4.79 Å². The van der Waals surface area contributed by atoms with E-state index in [-0.39, 0.29) is 12.1 Å². The maximum atomic E-state index is 11.5. The molecule has 0 aliphatic rings. The van der Waals surface area contributed by atoms with E-state index < -0.39 is 0 Å². The molecule has 1 rings (SSSR count). The number of benzene rings is 1. The Morgan fingerprint density at radius 3 is 2.56 bits per heavy atom. The molecule has 0 fully saturated rings. The fourth-order valence-electron chi connectivity index (χ4n) is 1.42. The zero-order valence-corrected chi connectivity index (χ0v) is 10.2. The smallest absolute Gasteiger partial charge is 0.338 e. The van der Waals surface area contributed by atoms with E-state index >= 15 is 0 Å². The zero-order chi connectivity index (χ0) is 12.1. The predicted molar refractivity (Wildman–Crippen MR) is 62.9 cm³/mol. The molecule has 0 spiro atoms. The number of carbonyl (C=O) groups is 1. The van der Waals surface area contributed by atoms with E-state index in [0.29, 0.717) is 12.2 Å². The molecule has 0 aromatic heterocycles. The van der Waals surface area contributed by atoms with E-state index in [2.05, 4.69) is 0 Å². The number of aryl methyl sites for hydroxylation is 1. The first-order chi connectivity index (χ1) is 7.54. The van der Waals surface area contributed by atoms with Gasteiger partial charge in [0, 0.05) is 0 Å². The van der Waals surface area contributed by atoms with Crippen molar-refractivity contribution in [3.8, 4) is 5.75 Å². The Morgan fingerprint density at radius 1 is 1.38 bits per heavy atom. The summed E-state index contributed by atoms with van der Waals surface area (Å²) in [6.07, 6.45) is 0.132. The van der Waals surface area contributed by atoms with Crippen molar-refractivity contribution in [1.82, 2.24) is 0 Å². The van der Waals surface area contributed by atoms with E-state index in [4.69, 9.17) is 9.47 Å². The lowest BCUT2D eigenvalue weighted by atomic mass is 10.1. The monoisotopic (exact) mass is 222 g/mol. The van der Waals surface area contributed by atoms with Gasteiger partial charge in [-0.3, -0.25) is 0 Å². The molecule has 88 valence electrons. The molecule has 0 bridgehead atoms. The van der Waals surface area contributed by atoms with E-state index in [1.165, 1.54) is 0 Å². The lowest BCUT2D eigenvalue weighted by Gasteiger charge is -2.11. The van der Waals surface area contributed by atoms with Crippen molar-refractivity contribution in [3.05, 3.63) is 29.3 Å². The Morgan fingerprint density at radius 2 is 2.06 bits per heavy atom. The summed E-state index contributed by atoms with van der Waals surface area (Å²) in [4.78, 5) is 11.5. The first kappa shape index (κ1) is 12.6. The third-order valence-corrected chi connectivity index (χ3v) is 2.07. The molecule has 0 aliphatic heterocycles. The number of carbonyl (C=O) groups excluding carboxylic acids is 1. The second-order valence-electron chi connectivity index (χ2n) is 3.86. The molecule has 3 nitrogen and oxygen atoms in total. The van der Waals surface area contributed by atoms with Crippen LogP contribution in [0.4, 0.5) is 0 Å². The van der Waals surface area contributed by atoms with Crippen LogP contribution in [0.15, 0.2) is 18.2 Å². The van der Waals surface area contributed by atoms with Crippen LogP contribution in [0.2, 0.25) is 0 Å². The molecule has 0 amide bonds. The normalized spacial score (nSPS) is 10.3. The van der Waals surface area contributed by atoms with Crippen molar-refractivity contribution in [2.24, 2.45) is 0 Å². The number of hydrogen-bond donors (Lipinski definition) is 0. The van der Waals surface area contributed by atoms with E-state index in [1.54, 1.807) is 19.1 Å². The minimum absolute atomic E-state index is 0.132. The third kappa shape index (κ3) is 3.26. The topological polar surface area (TPSA) is 35.5 Å². The van der Waals surface area contributed by atoms with Gasteiger partial charge in [-0.05, 0) is 51.5 Å². The summed E-state index contributed by atoms with van der Waals surface area (Å²) in [5.41, 5.74) is 1.47. The van der Waals surface area contributed by atoms with Gasteiger partial charge in [0.15, 0.2) is 0 Å². The quantitative estimate of drug-likeness (QED) is 0.735. The minimum Gasteiger partial charge on any atom is -0.491 e. The zero-order valence-electron chi connectivity index (χ0n) is 10.2. The van der Waals surface area contributed by atoms with Gasteiger partial charge >= 0.3 is 5.97 Å². The SMILES string of the molecule is CCOC(=O)c1ccc(OC(C)C)cc1C. The molecule has 16 heavy (non-hydrogen) atoms. The molecule has 0 atom stereocenters. The summed E-state index contributed by atoms with van der Waals surface area (Å²) in [5, 5.41) is 0. The highest BCUT2D eigenvalue weighted by Crippen LogP contribution is 2.19. The standard InChI is InChI=1S/C13H18O3/c1-5-15-13(14)12-7-6-11(8-10(12)4)16-9(2)3/h6-9H,5H2,1-4H3. The van der Waals surface area contributed by atoms with Crippen LogP contribution in [-0.4, -0.2) is 18.7 Å². The van der Waals surface area contributed by atoms with Crippen LogP contribution in [0, 0.1) is 6.92 Å². The lowest BCUT2D eigenvalue weighted by Crippen LogP contribution is -2.09. The minimum atomic E-state index is -0.281. The number of rotatable bonds is 4. The Labute approximate surface area is 96.4 Å². The van der Waals surface area contributed by atoms with Crippen molar-refractivity contribution in [2.45, 2.75) is 33.8 Å². The predicted octanol–water partition coefficient (Wildman–Crippen LogP) is 2.96. The van der Waals surface area contributed by atoms with Crippen molar-refractivity contribution in [3.63, 3.8) is 0 Å². The highest BCUT2D eigenvalue weighted by atomic mass is 16.5. The summed E-state index contributed by atoms with van der Waals surface area (Å²) < 4.78 is 10.5. The van der Waals surface area contributed by atoms with Crippen molar-refractivity contribution >= 4 is 5.97 Å². The van der Waals surface area contributed by atoms with Gasteiger partial charge in [0.05, 0.1) is 18.3 Å². The van der Waals surface area contributed by atoms with Crippen LogP contribution in [-0.2, 0) is 4.74 Å². The van der Waals surface area contributed by atoms with E-state index in [9.17, 15) is 4.79 Å². The molecule has 0 heterocycles. The molecule has 0 aliphatic carbocycles. The Bertz CT molecular complexity index is 369. The van der Waals surface area contributed by atoms with Gasteiger partial charge in [-0.2, -0.15) is 0 Å². The Balaban J connectivity index is 2.87. The average molecular weight is 222 g/mol. The molecular weight excluding hydrogens is 204 g/mol. The Hall–Kier alpha value is -1.51. The van der Waals surface area contributed by atoms with Crippen LogP contribution in [0.25, 0.3) is 0 Å². The molecular formula is C13H18O3. The molecule has 3 heteroatoms. The van der Waals surface area contributed by atoms with E-state index in [1.807, 2.05) is 26.8 Å². The molecule has 0 saturated heterocycles. The fourth-order valence-corrected chi connectivity index (χ4v) is 1.42. The average Bonchev–Trinajstić information content (AvgIpc) is 2.16. The maximum Gasteiger partial charge on any atom is 0.338 e. The van der Waals surface area contributed by atoms with Crippen LogP contribution >= 0.6 is 0 Å². The number of esters is 1. The van der Waals surface area contributed by atoms with Gasteiger partial charge in [0.25, 0.3) is 0 Å². The van der Waals surface area contributed by atoms with Gasteiger partial charge < -0.3 is 9.47 Å². The van der Waals surface area contributed by atoms with Crippen molar-refractivity contribution in [1.29, 1.82) is 0 Å². The second kappa shape index (κ2) is 5.54. The first-order valence-electron chi connectivity index (χ1n) is 5.49. The number of hydrogen-bond acceptors (Lipinski definition) is 3. The highest BCUT2D eigenvalue weighted by Gasteiger charge is 2.10. The molecule has 1 aromatic carbocycles. The largest absolute Gasteiger partial charge is 0.491 e. The second-order valence-corrected chi connectivity index (χ2v) is 3.86. The van der Waals surface area contributed by atoms with Crippen LogP contribution in [0.3, 0.4) is 0 Å². The summed E-state index contributed by atoms with van der Waals surface area (Å²) in [6.45, 7) is 7.99. The molecule has 0 unspecified atom stereocenters. The molecule has 0 saturated carbocycles. The number of ether oxygens (including phenoxy) is 2. The van der Waals surface area contributed by atoms with Gasteiger partial charge in [-0.1, -0.05) is 0 Å². The fraction of sp³-hybridized carbons (Fsp3) is 0.462. The van der Waals surface area contributed by atoms with Crippen LogP contribution in [0.1, 0.15) is 36.7 Å². The lowest BCUT2D eigenvalue weighted by molar-refractivity contribution is 0.0525. The summed E-state index contributed by atoms with van der Waals surface area (Å²) in [6, 6.07) is 5.39. The first-order valence-corrected chi connectivity index (χ1v) is 5.49. The third-order valence-electron chi connectivity index (χ3n) is 2.07. The van der Waals surface area contributed by atoms with Gasteiger partial charge in [0.1, 0.15) is 5.75 Å². The van der Waals surface area contributed by atoms with Crippen molar-refractivity contribution < 1.29 is 14.3 Å². The highest BCUT2D eigenvalue weighted by molar-refractivity contribution is 5.91. The van der Waals surface area contributed by atoms with E-state index in [0.717, 1.165) is 11.3 Å². The van der Waals surface area contributed by atoms with Gasteiger partial charge in [-0.15, -0.1) is 0 Å². The molecule has 0 N–H and O–H groups in total. The van der Waals surface area contributed by atoms with Crippen LogP contribution in [0.5, 0.6) is 5.75 Å². The molecule has 0 radical (unpaired) electrons. The summed E-state index contributed by atoms with van der Waals surface area (Å²) in [7, 11) is 0. The molecule has 1 aromatic rings. The summed E-state index contributed by atoms with van der Waals surface area (Å²) in [5.74, 6) is 0.497.